The lowest BCUT2D eigenvalue weighted by Crippen LogP contribution is -2.31. The van der Waals surface area contributed by atoms with Crippen LogP contribution in [-0.2, 0) is 6.42 Å². The summed E-state index contributed by atoms with van der Waals surface area (Å²) in [6, 6.07) is 10.8. The normalized spacial score (nSPS) is 13.9. The summed E-state index contributed by atoms with van der Waals surface area (Å²) in [5.74, 6) is -0.450. The number of carbonyl (C=O) groups is 2. The van der Waals surface area contributed by atoms with E-state index in [-0.39, 0.29) is 11.8 Å². The molecule has 4 rings (SSSR count). The van der Waals surface area contributed by atoms with Crippen LogP contribution in [-0.4, -0.2) is 32.6 Å². The minimum atomic E-state index is -0.225. The third-order valence-corrected chi connectivity index (χ3v) is 4.40. The third-order valence-electron chi connectivity index (χ3n) is 3.93. The van der Waals surface area contributed by atoms with Gasteiger partial charge in [0.25, 0.3) is 11.8 Å². The van der Waals surface area contributed by atoms with E-state index >= 15 is 0 Å². The summed E-state index contributed by atoms with van der Waals surface area (Å²) in [5, 5.41) is 0. The topological polar surface area (TPSA) is 54.7 Å². The van der Waals surface area contributed by atoms with Gasteiger partial charge in [0, 0.05) is 29.8 Å². The number of hydrogen-bond donors (Lipinski definition) is 0. The lowest BCUT2D eigenvalue weighted by atomic mass is 10.1. The molecule has 0 fully saturated rings. The Bertz CT molecular complexity index is 913. The van der Waals surface area contributed by atoms with Gasteiger partial charge in [-0.25, -0.2) is 4.98 Å². The molecule has 0 atom stereocenters. The fourth-order valence-electron chi connectivity index (χ4n) is 2.81. The Balaban J connectivity index is 1.55. The van der Waals surface area contributed by atoms with Crippen LogP contribution >= 0.6 is 15.9 Å². The maximum Gasteiger partial charge on any atom is 0.261 e. The van der Waals surface area contributed by atoms with Gasteiger partial charge in [-0.05, 0) is 40.2 Å². The summed E-state index contributed by atoms with van der Waals surface area (Å²) >= 11 is 3.42. The van der Waals surface area contributed by atoms with Gasteiger partial charge in [0.1, 0.15) is 5.65 Å². The van der Waals surface area contributed by atoms with E-state index in [1.807, 2.05) is 28.9 Å². The van der Waals surface area contributed by atoms with Crippen molar-refractivity contribution in [1.82, 2.24) is 14.3 Å². The smallest absolute Gasteiger partial charge is 0.261 e. The second kappa shape index (κ2) is 5.31. The molecule has 5 nitrogen and oxygen atoms in total. The van der Waals surface area contributed by atoms with Crippen LogP contribution in [0.25, 0.3) is 5.65 Å². The van der Waals surface area contributed by atoms with E-state index in [1.54, 1.807) is 24.3 Å². The fraction of sp³-hybridized carbons (Fsp3) is 0.118. The molecule has 3 heterocycles. The highest BCUT2D eigenvalue weighted by Gasteiger charge is 2.34. The molecule has 0 unspecified atom stereocenters. The van der Waals surface area contributed by atoms with E-state index in [9.17, 15) is 9.59 Å². The first-order chi connectivity index (χ1) is 11.1. The summed E-state index contributed by atoms with van der Waals surface area (Å²) in [6.07, 6.45) is 4.37. The third kappa shape index (κ3) is 2.35. The van der Waals surface area contributed by atoms with Crippen LogP contribution in [0.15, 0.2) is 53.3 Å². The Labute approximate surface area is 140 Å². The maximum atomic E-state index is 12.3. The quantitative estimate of drug-likeness (QED) is 0.667. The summed E-state index contributed by atoms with van der Waals surface area (Å²) < 4.78 is 2.89. The summed E-state index contributed by atoms with van der Waals surface area (Å²) in [4.78, 5) is 30.4. The van der Waals surface area contributed by atoms with Crippen molar-refractivity contribution in [2.24, 2.45) is 0 Å². The largest absolute Gasteiger partial charge is 0.306 e. The Morgan fingerprint density at radius 2 is 1.65 bits per heavy atom. The van der Waals surface area contributed by atoms with E-state index < -0.39 is 0 Å². The number of amides is 2. The number of carbonyl (C=O) groups excluding carboxylic acids is 2. The minimum Gasteiger partial charge on any atom is -0.306 e. The van der Waals surface area contributed by atoms with Crippen molar-refractivity contribution in [2.75, 3.05) is 6.54 Å². The summed E-state index contributed by atoms with van der Waals surface area (Å²) in [6.45, 7) is 0.331. The van der Waals surface area contributed by atoms with Crippen molar-refractivity contribution in [1.29, 1.82) is 0 Å². The Morgan fingerprint density at radius 1 is 0.957 bits per heavy atom. The molecule has 114 valence electrons. The van der Waals surface area contributed by atoms with Crippen LogP contribution in [0.2, 0.25) is 0 Å². The number of aromatic nitrogens is 2. The number of fused-ring (bicyclic) bond motifs is 2. The lowest BCUT2D eigenvalue weighted by Gasteiger charge is -2.12. The first-order valence-electron chi connectivity index (χ1n) is 7.22. The molecular weight excluding hydrogens is 358 g/mol. The minimum absolute atomic E-state index is 0.225. The first kappa shape index (κ1) is 14.1. The zero-order chi connectivity index (χ0) is 16.0. The summed E-state index contributed by atoms with van der Waals surface area (Å²) in [5.41, 5.74) is 2.65. The molecule has 1 aliphatic heterocycles. The standard InChI is InChI=1S/C17H12BrN3O2/c18-11-5-6-15-19-12(10-20(15)9-11)7-8-21-16(22)13-3-1-2-4-14(13)17(21)23/h1-6,9-10H,7-8H2. The van der Waals surface area contributed by atoms with Crippen molar-refractivity contribution in [2.45, 2.75) is 6.42 Å². The van der Waals surface area contributed by atoms with Crippen molar-refractivity contribution in [3.63, 3.8) is 0 Å². The van der Waals surface area contributed by atoms with Crippen LogP contribution < -0.4 is 0 Å². The lowest BCUT2D eigenvalue weighted by molar-refractivity contribution is 0.0656. The molecule has 0 radical (unpaired) electrons. The van der Waals surface area contributed by atoms with E-state index in [4.69, 9.17) is 0 Å². The van der Waals surface area contributed by atoms with Gasteiger partial charge >= 0.3 is 0 Å². The summed E-state index contributed by atoms with van der Waals surface area (Å²) in [7, 11) is 0. The van der Waals surface area contributed by atoms with E-state index in [0.717, 1.165) is 15.8 Å². The molecule has 0 saturated carbocycles. The van der Waals surface area contributed by atoms with Crippen molar-refractivity contribution < 1.29 is 9.59 Å². The second-order valence-electron chi connectivity index (χ2n) is 5.40. The van der Waals surface area contributed by atoms with Crippen LogP contribution in [0, 0.1) is 0 Å². The van der Waals surface area contributed by atoms with Crippen LogP contribution in [0.4, 0.5) is 0 Å². The molecule has 0 N–H and O–H groups in total. The van der Waals surface area contributed by atoms with E-state index in [2.05, 4.69) is 20.9 Å². The van der Waals surface area contributed by atoms with Gasteiger partial charge in [-0.2, -0.15) is 0 Å². The van der Waals surface area contributed by atoms with Crippen molar-refractivity contribution in [3.8, 4) is 0 Å². The van der Waals surface area contributed by atoms with Crippen molar-refractivity contribution >= 4 is 33.4 Å². The monoisotopic (exact) mass is 369 g/mol. The molecule has 3 aromatic rings. The van der Waals surface area contributed by atoms with Crippen LogP contribution in [0.3, 0.4) is 0 Å². The fourth-order valence-corrected chi connectivity index (χ4v) is 3.16. The van der Waals surface area contributed by atoms with Gasteiger partial charge in [-0.1, -0.05) is 12.1 Å². The predicted molar refractivity (Wildman–Crippen MR) is 88.4 cm³/mol. The van der Waals surface area contributed by atoms with Crippen LogP contribution in [0.1, 0.15) is 26.4 Å². The molecule has 2 aromatic heterocycles. The molecule has 6 heteroatoms. The Morgan fingerprint density at radius 3 is 2.35 bits per heavy atom. The maximum absolute atomic E-state index is 12.3. The average molecular weight is 370 g/mol. The first-order valence-corrected chi connectivity index (χ1v) is 8.01. The number of imidazole rings is 1. The van der Waals surface area contributed by atoms with Gasteiger partial charge in [0.05, 0.1) is 16.8 Å². The molecule has 0 aliphatic carbocycles. The molecule has 1 aliphatic rings. The molecule has 0 spiro atoms. The number of rotatable bonds is 3. The molecule has 0 bridgehead atoms. The van der Waals surface area contributed by atoms with Gasteiger partial charge in [0.2, 0.25) is 0 Å². The van der Waals surface area contributed by atoms with Crippen LogP contribution in [0.5, 0.6) is 0 Å². The number of imide groups is 1. The second-order valence-corrected chi connectivity index (χ2v) is 6.32. The highest BCUT2D eigenvalue weighted by molar-refractivity contribution is 9.10. The van der Waals surface area contributed by atoms with Crippen molar-refractivity contribution in [3.05, 3.63) is 70.1 Å². The van der Waals surface area contributed by atoms with Gasteiger partial charge in [-0.3, -0.25) is 14.5 Å². The van der Waals surface area contributed by atoms with Gasteiger partial charge in [-0.15, -0.1) is 0 Å². The predicted octanol–water partition coefficient (Wildman–Crippen LogP) is 2.94. The van der Waals surface area contributed by atoms with Gasteiger partial charge in [0.15, 0.2) is 0 Å². The molecule has 1 aromatic carbocycles. The Kier molecular flexibility index (Phi) is 3.27. The zero-order valence-electron chi connectivity index (χ0n) is 12.1. The molecule has 2 amide bonds. The zero-order valence-corrected chi connectivity index (χ0v) is 13.7. The number of nitrogens with zero attached hydrogens (tertiary/aromatic N) is 3. The number of benzene rings is 1. The molecular formula is C17H12BrN3O2. The molecule has 23 heavy (non-hydrogen) atoms. The number of pyridine rings is 1. The SMILES string of the molecule is O=C1c2ccccc2C(=O)N1CCc1cn2cc(Br)ccc2n1. The van der Waals surface area contributed by atoms with Gasteiger partial charge < -0.3 is 4.40 Å². The Hall–Kier alpha value is -2.47. The number of halogens is 1. The molecule has 0 saturated heterocycles. The number of hydrogen-bond acceptors (Lipinski definition) is 3. The highest BCUT2D eigenvalue weighted by atomic mass is 79.9. The average Bonchev–Trinajstić information content (AvgIpc) is 3.06. The van der Waals surface area contributed by atoms with E-state index in [1.165, 1.54) is 4.90 Å². The highest BCUT2D eigenvalue weighted by Crippen LogP contribution is 2.22. The van der Waals surface area contributed by atoms with E-state index in [0.29, 0.717) is 24.1 Å².